The fourth-order valence-electron chi connectivity index (χ4n) is 3.32. The molecule has 3 aliphatic rings. The van der Waals surface area contributed by atoms with Crippen molar-refractivity contribution < 1.29 is 0 Å². The molecule has 3 saturated carbocycles. The van der Waals surface area contributed by atoms with Crippen LogP contribution >= 0.6 is 0 Å². The number of rotatable bonds is 0. The Labute approximate surface area is 69.7 Å². The zero-order valence-corrected chi connectivity index (χ0v) is 7.85. The molecule has 3 atom stereocenters. The van der Waals surface area contributed by atoms with Gasteiger partial charge in [-0.05, 0) is 36.0 Å². The molecule has 11 heavy (non-hydrogen) atoms. The van der Waals surface area contributed by atoms with E-state index in [1.54, 1.807) is 0 Å². The molecule has 0 unspecified atom stereocenters. The predicted molar refractivity (Wildman–Crippen MR) is 48.3 cm³/mol. The van der Waals surface area contributed by atoms with Gasteiger partial charge >= 0.3 is 0 Å². The van der Waals surface area contributed by atoms with Gasteiger partial charge in [0.15, 0.2) is 0 Å². The summed E-state index contributed by atoms with van der Waals surface area (Å²) < 4.78 is 0. The molecule has 0 aromatic rings. The van der Waals surface area contributed by atoms with Crippen LogP contribution < -0.4 is 0 Å². The Balaban J connectivity index is 2.26. The summed E-state index contributed by atoms with van der Waals surface area (Å²) in [6.45, 7) is 11.4. The van der Waals surface area contributed by atoms with Gasteiger partial charge in [-0.15, -0.1) is 0 Å². The van der Waals surface area contributed by atoms with Gasteiger partial charge in [-0.1, -0.05) is 32.9 Å². The lowest BCUT2D eigenvalue weighted by atomic mass is 9.45. The molecule has 3 fully saturated rings. The first-order chi connectivity index (χ1) is 5.03. The third-order valence-corrected chi connectivity index (χ3v) is 4.11. The van der Waals surface area contributed by atoms with Gasteiger partial charge in [-0.3, -0.25) is 0 Å². The second-order valence-electron chi connectivity index (χ2n) is 5.06. The van der Waals surface area contributed by atoms with E-state index in [9.17, 15) is 0 Å². The van der Waals surface area contributed by atoms with Gasteiger partial charge in [-0.2, -0.15) is 0 Å². The molecule has 0 aromatic carbocycles. The summed E-state index contributed by atoms with van der Waals surface area (Å²) in [6, 6.07) is 0. The Hall–Kier alpha value is -0.260. The van der Waals surface area contributed by atoms with Crippen molar-refractivity contribution in [2.75, 3.05) is 0 Å². The van der Waals surface area contributed by atoms with Crippen molar-refractivity contribution in [3.63, 3.8) is 0 Å². The Kier molecular flexibility index (Phi) is 1.28. The number of hydrogen-bond donors (Lipinski definition) is 0. The van der Waals surface area contributed by atoms with E-state index >= 15 is 0 Å². The van der Waals surface area contributed by atoms with E-state index in [-0.39, 0.29) is 0 Å². The van der Waals surface area contributed by atoms with Crippen LogP contribution in [-0.4, -0.2) is 0 Å². The molecule has 0 aromatic heterocycles. The fourth-order valence-corrected chi connectivity index (χ4v) is 3.32. The molecule has 0 amide bonds. The first kappa shape index (κ1) is 7.39. The molecule has 0 heteroatoms. The fraction of sp³-hybridized carbons (Fsp3) is 0.818. The van der Waals surface area contributed by atoms with Crippen LogP contribution in [0.4, 0.5) is 0 Å². The number of allylic oxidation sites excluding steroid dienone is 1. The van der Waals surface area contributed by atoms with Gasteiger partial charge in [0.25, 0.3) is 0 Å². The summed E-state index contributed by atoms with van der Waals surface area (Å²) in [4.78, 5) is 0. The molecule has 3 rings (SSSR count). The molecule has 0 heterocycles. The molecular formula is C11H18. The minimum absolute atomic E-state index is 0.578. The summed E-state index contributed by atoms with van der Waals surface area (Å²) >= 11 is 0. The lowest BCUT2D eigenvalue weighted by Gasteiger charge is -2.60. The number of fused-ring (bicyclic) bond motifs is 2. The second kappa shape index (κ2) is 1.91. The van der Waals surface area contributed by atoms with Gasteiger partial charge in [0, 0.05) is 0 Å². The molecule has 2 bridgehead atoms. The lowest BCUT2D eigenvalue weighted by molar-refractivity contribution is -0.0623. The zero-order chi connectivity index (χ0) is 8.22. The van der Waals surface area contributed by atoms with Crippen LogP contribution in [0.25, 0.3) is 0 Å². The van der Waals surface area contributed by atoms with Crippen molar-refractivity contribution in [3.8, 4) is 0 Å². The van der Waals surface area contributed by atoms with E-state index in [1.807, 2.05) is 0 Å². The highest BCUT2D eigenvalue weighted by Gasteiger charge is 2.54. The van der Waals surface area contributed by atoms with Gasteiger partial charge in [0.05, 0.1) is 0 Å². The SMILES string of the molecule is C=C1C[C@@H](C)[C@@H]2C[C@H]1C2(C)C. The minimum atomic E-state index is 0.578. The Morgan fingerprint density at radius 1 is 1.45 bits per heavy atom. The Morgan fingerprint density at radius 2 is 2.09 bits per heavy atom. The summed E-state index contributed by atoms with van der Waals surface area (Å²) in [6.07, 6.45) is 2.71. The Morgan fingerprint density at radius 3 is 2.45 bits per heavy atom. The highest BCUT2D eigenvalue weighted by molar-refractivity contribution is 5.20. The smallest absolute Gasteiger partial charge is 0.0149 e. The predicted octanol–water partition coefficient (Wildman–Crippen LogP) is 3.24. The van der Waals surface area contributed by atoms with E-state index in [0.29, 0.717) is 5.41 Å². The molecule has 0 nitrogen and oxygen atoms in total. The topological polar surface area (TPSA) is 0 Å². The van der Waals surface area contributed by atoms with Crippen LogP contribution in [0, 0.1) is 23.2 Å². The maximum Gasteiger partial charge on any atom is -0.0149 e. The van der Waals surface area contributed by atoms with E-state index in [2.05, 4.69) is 27.4 Å². The van der Waals surface area contributed by atoms with Gasteiger partial charge in [0.2, 0.25) is 0 Å². The van der Waals surface area contributed by atoms with Crippen molar-refractivity contribution >= 4 is 0 Å². The molecule has 0 N–H and O–H groups in total. The van der Waals surface area contributed by atoms with Crippen LogP contribution in [-0.2, 0) is 0 Å². The molecule has 62 valence electrons. The minimum Gasteiger partial charge on any atom is -0.0996 e. The van der Waals surface area contributed by atoms with Crippen molar-refractivity contribution in [2.45, 2.75) is 33.6 Å². The highest BCUT2D eigenvalue weighted by Crippen LogP contribution is 2.62. The lowest BCUT2D eigenvalue weighted by Crippen LogP contribution is -2.52. The third-order valence-electron chi connectivity index (χ3n) is 4.11. The first-order valence-electron chi connectivity index (χ1n) is 4.71. The molecule has 3 aliphatic carbocycles. The molecular weight excluding hydrogens is 132 g/mol. The summed E-state index contributed by atoms with van der Waals surface area (Å²) in [5, 5.41) is 0. The van der Waals surface area contributed by atoms with Gasteiger partial charge in [0.1, 0.15) is 0 Å². The molecule has 0 aliphatic heterocycles. The Bertz CT molecular complexity index is 200. The van der Waals surface area contributed by atoms with E-state index < -0.39 is 0 Å². The monoisotopic (exact) mass is 150 g/mol. The van der Waals surface area contributed by atoms with Crippen LogP contribution in [0.2, 0.25) is 0 Å². The van der Waals surface area contributed by atoms with Crippen molar-refractivity contribution in [1.29, 1.82) is 0 Å². The van der Waals surface area contributed by atoms with Crippen LogP contribution in [0.3, 0.4) is 0 Å². The average molecular weight is 150 g/mol. The average Bonchev–Trinajstić information content (AvgIpc) is 1.84. The second-order valence-corrected chi connectivity index (χ2v) is 5.06. The summed E-state index contributed by atoms with van der Waals surface area (Å²) in [5.74, 6) is 2.73. The van der Waals surface area contributed by atoms with Crippen molar-refractivity contribution in [1.82, 2.24) is 0 Å². The maximum atomic E-state index is 4.18. The standard InChI is InChI=1S/C11H18/c1-7-5-8(2)10-6-9(7)11(10,3)4/h8-10H,1,5-6H2,2-4H3/t8-,9-,10+/m1/s1. The quantitative estimate of drug-likeness (QED) is 0.465. The highest BCUT2D eigenvalue weighted by atomic mass is 14.6. The summed E-state index contributed by atoms with van der Waals surface area (Å²) in [7, 11) is 0. The van der Waals surface area contributed by atoms with Gasteiger partial charge in [-0.25, -0.2) is 0 Å². The van der Waals surface area contributed by atoms with Crippen LogP contribution in [0.15, 0.2) is 12.2 Å². The number of hydrogen-bond acceptors (Lipinski definition) is 0. The molecule has 0 spiro atoms. The van der Waals surface area contributed by atoms with Crippen LogP contribution in [0.1, 0.15) is 33.6 Å². The van der Waals surface area contributed by atoms with E-state index in [4.69, 9.17) is 0 Å². The first-order valence-corrected chi connectivity index (χ1v) is 4.71. The van der Waals surface area contributed by atoms with Gasteiger partial charge < -0.3 is 0 Å². The third kappa shape index (κ3) is 0.758. The summed E-state index contributed by atoms with van der Waals surface area (Å²) in [5.41, 5.74) is 2.10. The normalized spacial score (nSPS) is 46.8. The van der Waals surface area contributed by atoms with E-state index in [0.717, 1.165) is 17.8 Å². The van der Waals surface area contributed by atoms with E-state index in [1.165, 1.54) is 18.4 Å². The molecule has 0 saturated heterocycles. The maximum absolute atomic E-state index is 4.18. The van der Waals surface area contributed by atoms with Crippen molar-refractivity contribution in [3.05, 3.63) is 12.2 Å². The largest absolute Gasteiger partial charge is 0.0996 e. The van der Waals surface area contributed by atoms with Crippen molar-refractivity contribution in [2.24, 2.45) is 23.2 Å². The molecule has 0 radical (unpaired) electrons. The zero-order valence-electron chi connectivity index (χ0n) is 7.85. The van der Waals surface area contributed by atoms with Crippen LogP contribution in [0.5, 0.6) is 0 Å².